The molecule has 0 radical (unpaired) electrons. The number of anilines is 1. The standard InChI is InChI=1S/C21H25FN6O2/c1-4-16(29)28-10-13(6-5-12(28)2)7-23-20-18(22)15-9-24-21(30)17(15)19(26-20)14-8-25-27(3)11-14/h4,8,11-13H,1,5-7,9-10H2,2-3H3,(H,23,26)(H,24,30)/t12-,13-/m1/s1. The first-order chi connectivity index (χ1) is 14.4. The molecule has 2 aliphatic rings. The summed E-state index contributed by atoms with van der Waals surface area (Å²) in [5.41, 5.74) is 1.65. The monoisotopic (exact) mass is 412 g/mol. The van der Waals surface area contributed by atoms with Crippen LogP contribution in [0, 0.1) is 11.7 Å². The summed E-state index contributed by atoms with van der Waals surface area (Å²) >= 11 is 0. The van der Waals surface area contributed by atoms with E-state index in [4.69, 9.17) is 0 Å². The van der Waals surface area contributed by atoms with E-state index >= 15 is 4.39 Å². The fraction of sp³-hybridized carbons (Fsp3) is 0.429. The van der Waals surface area contributed by atoms with E-state index in [2.05, 4.69) is 27.3 Å². The van der Waals surface area contributed by atoms with Gasteiger partial charge in [0.05, 0.1) is 17.5 Å². The van der Waals surface area contributed by atoms with Crippen LogP contribution in [0.1, 0.15) is 35.7 Å². The first-order valence-corrected chi connectivity index (χ1v) is 10.1. The van der Waals surface area contributed by atoms with Gasteiger partial charge in [-0.1, -0.05) is 6.58 Å². The van der Waals surface area contributed by atoms with Crippen molar-refractivity contribution in [3.05, 3.63) is 42.0 Å². The Kier molecular flexibility index (Phi) is 5.27. The highest BCUT2D eigenvalue weighted by Gasteiger charge is 2.32. The first-order valence-electron chi connectivity index (χ1n) is 10.1. The summed E-state index contributed by atoms with van der Waals surface area (Å²) in [6.45, 7) is 6.79. The molecule has 30 heavy (non-hydrogen) atoms. The Balaban J connectivity index is 1.59. The molecular formula is C21H25FN6O2. The number of carbonyl (C=O) groups excluding carboxylic acids is 2. The zero-order chi connectivity index (χ0) is 21.4. The van der Waals surface area contributed by atoms with Crippen LogP contribution >= 0.6 is 0 Å². The third-order valence-electron chi connectivity index (χ3n) is 5.86. The number of amides is 2. The number of aryl methyl sites for hydroxylation is 1. The molecule has 2 aliphatic heterocycles. The summed E-state index contributed by atoms with van der Waals surface area (Å²) in [6.07, 6.45) is 6.50. The summed E-state index contributed by atoms with van der Waals surface area (Å²) in [5, 5.41) is 9.94. The minimum Gasteiger partial charge on any atom is -0.367 e. The second-order valence-corrected chi connectivity index (χ2v) is 7.93. The lowest BCUT2D eigenvalue weighted by Crippen LogP contribution is -2.46. The van der Waals surface area contributed by atoms with E-state index in [1.807, 2.05) is 6.92 Å². The second-order valence-electron chi connectivity index (χ2n) is 7.93. The zero-order valence-electron chi connectivity index (χ0n) is 17.1. The molecule has 0 aliphatic carbocycles. The van der Waals surface area contributed by atoms with Gasteiger partial charge in [0.25, 0.3) is 5.91 Å². The van der Waals surface area contributed by atoms with E-state index < -0.39 is 5.82 Å². The van der Waals surface area contributed by atoms with Crippen LogP contribution in [0.4, 0.5) is 10.2 Å². The maximum absolute atomic E-state index is 15.1. The number of aromatic nitrogens is 3. The summed E-state index contributed by atoms with van der Waals surface area (Å²) in [5.74, 6) is -0.649. The molecule has 2 aromatic rings. The predicted octanol–water partition coefficient (Wildman–Crippen LogP) is 2.09. The molecule has 8 nitrogen and oxygen atoms in total. The van der Waals surface area contributed by atoms with Crippen molar-refractivity contribution in [2.24, 2.45) is 13.0 Å². The smallest absolute Gasteiger partial charge is 0.254 e. The molecule has 158 valence electrons. The van der Waals surface area contributed by atoms with Crippen LogP contribution in [0.15, 0.2) is 25.0 Å². The van der Waals surface area contributed by atoms with Gasteiger partial charge in [0.1, 0.15) is 0 Å². The predicted molar refractivity (Wildman–Crippen MR) is 110 cm³/mol. The fourth-order valence-electron chi connectivity index (χ4n) is 4.16. The number of hydrogen-bond donors (Lipinski definition) is 2. The number of nitrogens with one attached hydrogen (secondary N) is 2. The number of rotatable bonds is 5. The molecule has 1 fully saturated rings. The molecule has 2 aromatic heterocycles. The lowest BCUT2D eigenvalue weighted by Gasteiger charge is -2.37. The van der Waals surface area contributed by atoms with E-state index in [0.29, 0.717) is 29.9 Å². The Morgan fingerprint density at radius 3 is 2.97 bits per heavy atom. The topological polar surface area (TPSA) is 92.2 Å². The maximum atomic E-state index is 15.1. The van der Waals surface area contributed by atoms with Gasteiger partial charge in [-0.25, -0.2) is 9.37 Å². The molecule has 4 heterocycles. The van der Waals surface area contributed by atoms with E-state index in [0.717, 1.165) is 12.8 Å². The minimum atomic E-state index is -0.515. The highest BCUT2D eigenvalue weighted by molar-refractivity contribution is 6.04. The van der Waals surface area contributed by atoms with Crippen LogP contribution in [0.3, 0.4) is 0 Å². The van der Waals surface area contributed by atoms with E-state index in [9.17, 15) is 9.59 Å². The molecule has 9 heteroatoms. The average Bonchev–Trinajstić information content (AvgIpc) is 3.34. The molecule has 2 atom stereocenters. The van der Waals surface area contributed by atoms with Gasteiger partial charge in [-0.05, 0) is 31.8 Å². The van der Waals surface area contributed by atoms with E-state index in [-0.39, 0.29) is 41.7 Å². The molecule has 0 saturated carbocycles. The summed E-state index contributed by atoms with van der Waals surface area (Å²) < 4.78 is 16.7. The van der Waals surface area contributed by atoms with Crippen LogP contribution in [-0.4, -0.2) is 50.6 Å². The van der Waals surface area contributed by atoms with Crippen molar-refractivity contribution in [1.82, 2.24) is 25.0 Å². The van der Waals surface area contributed by atoms with Crippen LogP contribution < -0.4 is 10.6 Å². The van der Waals surface area contributed by atoms with E-state index in [1.165, 1.54) is 6.08 Å². The lowest BCUT2D eigenvalue weighted by molar-refractivity contribution is -0.130. The summed E-state index contributed by atoms with van der Waals surface area (Å²) in [7, 11) is 1.77. The SMILES string of the molecule is C=CC(=O)N1C[C@@H](CNc2nc(-c3cnn(C)c3)c3c(c2F)CNC3=O)CC[C@H]1C. The quantitative estimate of drug-likeness (QED) is 0.734. The van der Waals surface area contributed by atoms with Crippen LogP contribution in [0.25, 0.3) is 11.3 Å². The van der Waals surface area contributed by atoms with Gasteiger partial charge in [-0.3, -0.25) is 14.3 Å². The molecule has 1 saturated heterocycles. The van der Waals surface area contributed by atoms with E-state index in [1.54, 1.807) is 29.0 Å². The molecule has 4 rings (SSSR count). The van der Waals surface area contributed by atoms with Gasteiger partial charge in [0.15, 0.2) is 11.6 Å². The normalized spacial score (nSPS) is 20.6. The van der Waals surface area contributed by atoms with Crippen molar-refractivity contribution in [1.29, 1.82) is 0 Å². The fourth-order valence-corrected chi connectivity index (χ4v) is 4.16. The molecule has 0 unspecified atom stereocenters. The molecule has 0 bridgehead atoms. The number of carbonyl (C=O) groups is 2. The summed E-state index contributed by atoms with van der Waals surface area (Å²) in [6, 6.07) is 0.163. The van der Waals surface area contributed by atoms with Crippen LogP contribution in [0.5, 0.6) is 0 Å². The van der Waals surface area contributed by atoms with Gasteiger partial charge in [-0.15, -0.1) is 0 Å². The van der Waals surface area contributed by atoms with Gasteiger partial charge < -0.3 is 15.5 Å². The van der Waals surface area contributed by atoms with Crippen molar-refractivity contribution in [3.8, 4) is 11.3 Å². The number of piperidine rings is 1. The highest BCUT2D eigenvalue weighted by Crippen LogP contribution is 2.33. The third-order valence-corrected chi connectivity index (χ3v) is 5.86. The Morgan fingerprint density at radius 2 is 2.27 bits per heavy atom. The number of hydrogen-bond acceptors (Lipinski definition) is 5. The maximum Gasteiger partial charge on any atom is 0.254 e. The molecular weight excluding hydrogens is 387 g/mol. The van der Waals surface area contributed by atoms with Crippen molar-refractivity contribution >= 4 is 17.6 Å². The van der Waals surface area contributed by atoms with Crippen molar-refractivity contribution < 1.29 is 14.0 Å². The molecule has 2 N–H and O–H groups in total. The Morgan fingerprint density at radius 1 is 1.47 bits per heavy atom. The molecule has 0 aromatic carbocycles. The van der Waals surface area contributed by atoms with Crippen LogP contribution in [0.2, 0.25) is 0 Å². The Bertz CT molecular complexity index is 1020. The van der Waals surface area contributed by atoms with Gasteiger partial charge in [0.2, 0.25) is 5.91 Å². The first kappa shape index (κ1) is 20.1. The number of likely N-dealkylation sites (tertiary alicyclic amines) is 1. The highest BCUT2D eigenvalue weighted by atomic mass is 19.1. The third kappa shape index (κ3) is 3.55. The molecule has 0 spiro atoms. The largest absolute Gasteiger partial charge is 0.367 e. The van der Waals surface area contributed by atoms with Gasteiger partial charge >= 0.3 is 0 Å². The van der Waals surface area contributed by atoms with Crippen LogP contribution in [-0.2, 0) is 18.4 Å². The Hall–Kier alpha value is -3.23. The summed E-state index contributed by atoms with van der Waals surface area (Å²) in [4.78, 5) is 30.6. The minimum absolute atomic E-state index is 0.0857. The number of pyridine rings is 1. The van der Waals surface area contributed by atoms with Gasteiger partial charge in [0, 0.05) is 50.0 Å². The average molecular weight is 412 g/mol. The second kappa shape index (κ2) is 7.89. The zero-order valence-corrected chi connectivity index (χ0v) is 17.1. The number of fused-ring (bicyclic) bond motifs is 1. The van der Waals surface area contributed by atoms with Crippen molar-refractivity contribution in [3.63, 3.8) is 0 Å². The molecule has 2 amide bonds. The number of nitrogens with zero attached hydrogens (tertiary/aromatic N) is 4. The Labute approximate surface area is 174 Å². The van der Waals surface area contributed by atoms with Gasteiger partial charge in [-0.2, -0.15) is 5.10 Å². The van der Waals surface area contributed by atoms with Crippen molar-refractivity contribution in [2.45, 2.75) is 32.4 Å². The lowest BCUT2D eigenvalue weighted by atomic mass is 9.93. The van der Waals surface area contributed by atoms with Crippen molar-refractivity contribution in [2.75, 3.05) is 18.4 Å². The number of halogens is 1.